The fourth-order valence-electron chi connectivity index (χ4n) is 3.47. The molecule has 1 heterocycles. The van der Waals surface area contributed by atoms with Crippen LogP contribution in [0, 0.1) is 5.92 Å². The average molecular weight is 282 g/mol. The molecule has 1 saturated heterocycles. The molecule has 1 N–H and O–H groups in total. The summed E-state index contributed by atoms with van der Waals surface area (Å²) in [6.07, 6.45) is 4.29. The van der Waals surface area contributed by atoms with Crippen LogP contribution in [0.1, 0.15) is 46.0 Å². The molecule has 1 aliphatic heterocycles. The molecule has 1 spiro atoms. The molecule has 0 aromatic heterocycles. The lowest BCUT2D eigenvalue weighted by Crippen LogP contribution is -2.70. The van der Waals surface area contributed by atoms with Crippen molar-refractivity contribution in [1.82, 2.24) is 10.2 Å². The number of ether oxygens (including phenoxy) is 1. The fraction of sp³-hybridized carbons (Fsp3) is 0.867. The summed E-state index contributed by atoms with van der Waals surface area (Å²) in [6.45, 7) is 5.13. The van der Waals surface area contributed by atoms with Crippen molar-refractivity contribution in [2.24, 2.45) is 5.92 Å². The molecule has 1 unspecified atom stereocenters. The highest BCUT2D eigenvalue weighted by atomic mass is 16.5. The van der Waals surface area contributed by atoms with E-state index < -0.39 is 5.54 Å². The first kappa shape index (κ1) is 15.3. The van der Waals surface area contributed by atoms with E-state index >= 15 is 0 Å². The Balaban J connectivity index is 2.22. The molecule has 2 rings (SSSR count). The SMILES string of the molecule is COCCN1C(=O)C(CC(C)C)NC(=O)C12CCCC2. The minimum atomic E-state index is -0.608. The van der Waals surface area contributed by atoms with Gasteiger partial charge in [0.05, 0.1) is 6.61 Å². The monoisotopic (exact) mass is 282 g/mol. The molecule has 20 heavy (non-hydrogen) atoms. The Hall–Kier alpha value is -1.10. The van der Waals surface area contributed by atoms with E-state index in [1.807, 2.05) is 0 Å². The van der Waals surface area contributed by atoms with E-state index in [1.165, 1.54) is 0 Å². The zero-order chi connectivity index (χ0) is 14.8. The highest BCUT2D eigenvalue weighted by Gasteiger charge is 2.53. The molecule has 2 aliphatic rings. The summed E-state index contributed by atoms with van der Waals surface area (Å²) in [4.78, 5) is 27.1. The molecule has 2 fully saturated rings. The van der Waals surface area contributed by atoms with Crippen molar-refractivity contribution < 1.29 is 14.3 Å². The van der Waals surface area contributed by atoms with Crippen molar-refractivity contribution in [3.63, 3.8) is 0 Å². The minimum Gasteiger partial charge on any atom is -0.383 e. The Labute approximate surface area is 121 Å². The Bertz CT molecular complexity index is 375. The Morgan fingerprint density at radius 2 is 2.00 bits per heavy atom. The molecule has 0 radical (unpaired) electrons. The molecular weight excluding hydrogens is 256 g/mol. The molecule has 0 aromatic rings. The minimum absolute atomic E-state index is 0.0383. The van der Waals surface area contributed by atoms with Crippen LogP contribution in [0.15, 0.2) is 0 Å². The molecule has 1 atom stereocenters. The zero-order valence-corrected chi connectivity index (χ0v) is 12.8. The van der Waals surface area contributed by atoms with Gasteiger partial charge in [0.15, 0.2) is 0 Å². The molecule has 2 amide bonds. The van der Waals surface area contributed by atoms with Crippen LogP contribution < -0.4 is 5.32 Å². The summed E-state index contributed by atoms with van der Waals surface area (Å²) < 4.78 is 5.12. The lowest BCUT2D eigenvalue weighted by Gasteiger charge is -2.46. The van der Waals surface area contributed by atoms with Crippen LogP contribution in [0.4, 0.5) is 0 Å². The van der Waals surface area contributed by atoms with Crippen LogP contribution in [0.3, 0.4) is 0 Å². The number of carbonyl (C=O) groups is 2. The van der Waals surface area contributed by atoms with Gasteiger partial charge in [0.25, 0.3) is 0 Å². The molecule has 0 bridgehead atoms. The molecule has 5 nitrogen and oxygen atoms in total. The maximum Gasteiger partial charge on any atom is 0.246 e. The number of hydrogen-bond donors (Lipinski definition) is 1. The van der Waals surface area contributed by atoms with Crippen LogP contribution in [-0.2, 0) is 14.3 Å². The fourth-order valence-corrected chi connectivity index (χ4v) is 3.47. The van der Waals surface area contributed by atoms with Gasteiger partial charge in [0.1, 0.15) is 11.6 Å². The summed E-state index contributed by atoms with van der Waals surface area (Å²) in [7, 11) is 1.63. The lowest BCUT2D eigenvalue weighted by molar-refractivity contribution is -0.158. The third kappa shape index (κ3) is 2.68. The average Bonchev–Trinajstić information content (AvgIpc) is 2.86. The topological polar surface area (TPSA) is 58.6 Å². The second-order valence-corrected chi connectivity index (χ2v) is 6.38. The van der Waals surface area contributed by atoms with Gasteiger partial charge in [-0.05, 0) is 25.2 Å². The van der Waals surface area contributed by atoms with E-state index in [4.69, 9.17) is 4.74 Å². The normalized spacial score (nSPS) is 25.6. The number of methoxy groups -OCH3 is 1. The Kier molecular flexibility index (Phi) is 4.68. The van der Waals surface area contributed by atoms with Crippen molar-refractivity contribution in [3.05, 3.63) is 0 Å². The highest BCUT2D eigenvalue weighted by Crippen LogP contribution is 2.38. The van der Waals surface area contributed by atoms with Crippen molar-refractivity contribution in [2.75, 3.05) is 20.3 Å². The summed E-state index contributed by atoms with van der Waals surface area (Å²) in [6, 6.07) is -0.370. The van der Waals surface area contributed by atoms with Crippen LogP contribution >= 0.6 is 0 Å². The van der Waals surface area contributed by atoms with Crippen LogP contribution in [0.25, 0.3) is 0 Å². The van der Waals surface area contributed by atoms with Gasteiger partial charge in [0.2, 0.25) is 11.8 Å². The number of nitrogens with zero attached hydrogens (tertiary/aromatic N) is 1. The molecule has 5 heteroatoms. The van der Waals surface area contributed by atoms with E-state index in [1.54, 1.807) is 12.0 Å². The standard InChI is InChI=1S/C15H26N2O3/c1-11(2)10-12-13(18)17(8-9-20-3)15(14(19)16-12)6-4-5-7-15/h11-12H,4-10H2,1-3H3,(H,16,19). The van der Waals surface area contributed by atoms with Crippen molar-refractivity contribution in [1.29, 1.82) is 0 Å². The second kappa shape index (κ2) is 6.12. The zero-order valence-electron chi connectivity index (χ0n) is 12.8. The Morgan fingerprint density at radius 1 is 1.35 bits per heavy atom. The quantitative estimate of drug-likeness (QED) is 0.827. The predicted molar refractivity (Wildman–Crippen MR) is 76.2 cm³/mol. The van der Waals surface area contributed by atoms with E-state index in [-0.39, 0.29) is 17.9 Å². The van der Waals surface area contributed by atoms with Crippen LogP contribution in [0.5, 0.6) is 0 Å². The summed E-state index contributed by atoms with van der Waals surface area (Å²) >= 11 is 0. The van der Waals surface area contributed by atoms with Gasteiger partial charge >= 0.3 is 0 Å². The molecule has 0 aromatic carbocycles. The Morgan fingerprint density at radius 3 is 2.55 bits per heavy atom. The van der Waals surface area contributed by atoms with E-state index in [0.29, 0.717) is 25.5 Å². The van der Waals surface area contributed by atoms with Gasteiger partial charge in [0, 0.05) is 13.7 Å². The van der Waals surface area contributed by atoms with Gasteiger partial charge < -0.3 is 15.0 Å². The summed E-state index contributed by atoms with van der Waals surface area (Å²) in [5.74, 6) is 0.486. The number of carbonyl (C=O) groups excluding carboxylic acids is 2. The van der Waals surface area contributed by atoms with Gasteiger partial charge in [-0.15, -0.1) is 0 Å². The van der Waals surface area contributed by atoms with Crippen molar-refractivity contribution in [3.8, 4) is 0 Å². The number of rotatable bonds is 5. The maximum atomic E-state index is 12.7. The van der Waals surface area contributed by atoms with Gasteiger partial charge in [-0.2, -0.15) is 0 Å². The first-order chi connectivity index (χ1) is 9.51. The van der Waals surface area contributed by atoms with Crippen LogP contribution in [0.2, 0.25) is 0 Å². The van der Waals surface area contributed by atoms with Crippen molar-refractivity contribution >= 4 is 11.8 Å². The van der Waals surface area contributed by atoms with E-state index in [2.05, 4.69) is 19.2 Å². The third-order valence-corrected chi connectivity index (χ3v) is 4.47. The highest BCUT2D eigenvalue weighted by molar-refractivity contribution is 6.00. The number of piperazine rings is 1. The third-order valence-electron chi connectivity index (χ3n) is 4.47. The van der Waals surface area contributed by atoms with E-state index in [9.17, 15) is 9.59 Å². The van der Waals surface area contributed by atoms with Gasteiger partial charge in [-0.1, -0.05) is 26.7 Å². The molecule has 114 valence electrons. The number of hydrogen-bond acceptors (Lipinski definition) is 3. The molecule has 1 aliphatic carbocycles. The number of amides is 2. The van der Waals surface area contributed by atoms with E-state index in [0.717, 1.165) is 25.7 Å². The summed E-state index contributed by atoms with van der Waals surface area (Å²) in [5.41, 5.74) is -0.608. The predicted octanol–water partition coefficient (Wildman–Crippen LogP) is 1.32. The maximum absolute atomic E-state index is 12.7. The largest absolute Gasteiger partial charge is 0.383 e. The van der Waals surface area contributed by atoms with Gasteiger partial charge in [-0.25, -0.2) is 0 Å². The first-order valence-electron chi connectivity index (χ1n) is 7.62. The van der Waals surface area contributed by atoms with Gasteiger partial charge in [-0.3, -0.25) is 9.59 Å². The molecule has 1 saturated carbocycles. The smallest absolute Gasteiger partial charge is 0.246 e. The lowest BCUT2D eigenvalue weighted by atomic mass is 9.87. The number of nitrogens with one attached hydrogen (secondary N) is 1. The summed E-state index contributed by atoms with van der Waals surface area (Å²) in [5, 5.41) is 2.97. The van der Waals surface area contributed by atoms with Crippen LogP contribution in [-0.4, -0.2) is 48.6 Å². The van der Waals surface area contributed by atoms with Crippen molar-refractivity contribution in [2.45, 2.75) is 57.5 Å². The first-order valence-corrected chi connectivity index (χ1v) is 7.62. The second-order valence-electron chi connectivity index (χ2n) is 6.38. The molecular formula is C15H26N2O3.